The second-order valence-corrected chi connectivity index (χ2v) is 7.54. The first kappa shape index (κ1) is 21.8. The van der Waals surface area contributed by atoms with Gasteiger partial charge in [0.15, 0.2) is 0 Å². The third-order valence-electron chi connectivity index (χ3n) is 5.22. The van der Waals surface area contributed by atoms with Crippen LogP contribution in [0.5, 0.6) is 5.75 Å². The predicted octanol–water partition coefficient (Wildman–Crippen LogP) is 5.95. The minimum absolute atomic E-state index is 0.0110. The lowest BCUT2D eigenvalue weighted by molar-refractivity contribution is -0.557. The summed E-state index contributed by atoms with van der Waals surface area (Å²) >= 11 is 0. The van der Waals surface area contributed by atoms with E-state index in [1.165, 1.54) is 37.5 Å². The van der Waals surface area contributed by atoms with Crippen LogP contribution in [0.1, 0.15) is 51.0 Å². The predicted molar refractivity (Wildman–Crippen MR) is 104 cm³/mol. The lowest BCUT2D eigenvalue weighted by Crippen LogP contribution is -2.39. The number of nitro groups is 1. The van der Waals surface area contributed by atoms with Gasteiger partial charge in [0.1, 0.15) is 5.75 Å². The molecular formula is C22H22F3NO4. The molecule has 8 heteroatoms. The van der Waals surface area contributed by atoms with Crippen molar-refractivity contribution < 1.29 is 27.6 Å². The summed E-state index contributed by atoms with van der Waals surface area (Å²) in [5.74, 6) is -0.252. The third kappa shape index (κ3) is 5.35. The van der Waals surface area contributed by atoms with Gasteiger partial charge >= 0.3 is 6.36 Å². The maximum atomic E-state index is 12.3. The van der Waals surface area contributed by atoms with Crippen molar-refractivity contribution >= 4 is 5.57 Å². The average molecular weight is 421 g/mol. The molecule has 160 valence electrons. The summed E-state index contributed by atoms with van der Waals surface area (Å²) in [7, 11) is 0. The fraction of sp³-hybridized carbons (Fsp3) is 0.455. The van der Waals surface area contributed by atoms with Crippen LogP contribution in [-0.2, 0) is 4.74 Å². The Labute approximate surface area is 172 Å². The summed E-state index contributed by atoms with van der Waals surface area (Å²) in [5, 5.41) is 11.8. The molecule has 0 saturated heterocycles. The molecule has 1 unspecified atom stereocenters. The number of rotatable bonds is 7. The number of halogens is 3. The minimum Gasteiger partial charge on any atom is -0.483 e. The van der Waals surface area contributed by atoms with Crippen molar-refractivity contribution in [2.24, 2.45) is 0 Å². The molecule has 3 rings (SSSR count). The Morgan fingerprint density at radius 3 is 2.47 bits per heavy atom. The summed E-state index contributed by atoms with van der Waals surface area (Å²) < 4.78 is 46.4. The van der Waals surface area contributed by atoms with Gasteiger partial charge in [0, 0.05) is 17.4 Å². The molecule has 1 aromatic carbocycles. The van der Waals surface area contributed by atoms with Crippen molar-refractivity contribution in [2.45, 2.75) is 57.3 Å². The molecule has 2 aliphatic carbocycles. The van der Waals surface area contributed by atoms with Crippen LogP contribution in [0.2, 0.25) is 0 Å². The number of ether oxygens (including phenoxy) is 2. The summed E-state index contributed by atoms with van der Waals surface area (Å²) in [4.78, 5) is 11.4. The minimum atomic E-state index is -4.78. The van der Waals surface area contributed by atoms with Crippen molar-refractivity contribution in [3.63, 3.8) is 0 Å². The molecule has 0 aliphatic heterocycles. The van der Waals surface area contributed by atoms with E-state index in [0.717, 1.165) is 25.0 Å². The first-order valence-corrected chi connectivity index (χ1v) is 9.74. The fourth-order valence-electron chi connectivity index (χ4n) is 3.56. The van der Waals surface area contributed by atoms with Gasteiger partial charge in [-0.05, 0) is 55.5 Å². The number of benzene rings is 1. The van der Waals surface area contributed by atoms with Crippen LogP contribution < -0.4 is 4.74 Å². The van der Waals surface area contributed by atoms with Crippen LogP contribution in [0.4, 0.5) is 13.2 Å². The second kappa shape index (κ2) is 8.82. The Hall–Kier alpha value is -2.95. The van der Waals surface area contributed by atoms with E-state index in [2.05, 4.69) is 22.3 Å². The van der Waals surface area contributed by atoms with Gasteiger partial charge in [-0.3, -0.25) is 10.1 Å². The largest absolute Gasteiger partial charge is 0.573 e. The highest BCUT2D eigenvalue weighted by atomic mass is 19.4. The van der Waals surface area contributed by atoms with E-state index in [-0.39, 0.29) is 17.9 Å². The molecule has 0 spiro atoms. The second-order valence-electron chi connectivity index (χ2n) is 7.54. The van der Waals surface area contributed by atoms with Crippen molar-refractivity contribution in [1.82, 2.24) is 0 Å². The standard InChI is InChI=1S/C22H22F3NO4/c1-21(26(27)28)15-18(17-8-11-19(12-9-17)30-22(23,24)25)10-13-20(21)29-14-4-7-16-5-2-3-6-16/h7-9,11-12H,2-6,14-15H2,1H3. The maximum absolute atomic E-state index is 12.3. The quantitative estimate of drug-likeness (QED) is 0.179. The smallest absolute Gasteiger partial charge is 0.483 e. The molecule has 0 N–H and O–H groups in total. The highest BCUT2D eigenvalue weighted by molar-refractivity contribution is 5.67. The SMILES string of the molecule is CC1([N+](=O)[O-])CC(c2ccc(OC(F)(F)F)cc2)=C=C=C1OCCC=C1CCCC1. The zero-order valence-corrected chi connectivity index (χ0v) is 16.6. The number of hydrogen-bond donors (Lipinski definition) is 0. The molecule has 1 fully saturated rings. The van der Waals surface area contributed by atoms with Gasteiger partial charge < -0.3 is 9.47 Å². The lowest BCUT2D eigenvalue weighted by Gasteiger charge is -2.24. The zero-order chi connectivity index (χ0) is 21.8. The Morgan fingerprint density at radius 2 is 1.87 bits per heavy atom. The Bertz CT molecular complexity index is 928. The van der Waals surface area contributed by atoms with E-state index in [0.29, 0.717) is 24.2 Å². The number of hydrogen-bond acceptors (Lipinski definition) is 4. The van der Waals surface area contributed by atoms with Crippen LogP contribution in [0.25, 0.3) is 5.57 Å². The van der Waals surface area contributed by atoms with Crippen molar-refractivity contribution in [3.8, 4) is 5.75 Å². The van der Waals surface area contributed by atoms with E-state index >= 15 is 0 Å². The number of alkyl halides is 3. The normalized spacial score (nSPS) is 21.1. The van der Waals surface area contributed by atoms with E-state index < -0.39 is 16.8 Å². The average Bonchev–Trinajstić information content (AvgIpc) is 3.19. The van der Waals surface area contributed by atoms with Gasteiger partial charge in [0.25, 0.3) is 5.54 Å². The van der Waals surface area contributed by atoms with E-state index in [1.807, 2.05) is 0 Å². The molecule has 1 atom stereocenters. The van der Waals surface area contributed by atoms with Crippen LogP contribution in [-0.4, -0.2) is 23.4 Å². The molecule has 0 radical (unpaired) electrons. The maximum Gasteiger partial charge on any atom is 0.573 e. The van der Waals surface area contributed by atoms with Crippen LogP contribution in [0.15, 0.2) is 53.1 Å². The Balaban J connectivity index is 1.77. The third-order valence-corrected chi connectivity index (χ3v) is 5.22. The number of allylic oxidation sites excluding steroid dienone is 1. The highest BCUT2D eigenvalue weighted by Crippen LogP contribution is 2.36. The van der Waals surface area contributed by atoms with Crippen molar-refractivity contribution in [1.29, 1.82) is 0 Å². The summed E-state index contributed by atoms with van der Waals surface area (Å²) in [6.45, 7) is 1.77. The first-order chi connectivity index (χ1) is 14.2. The molecule has 2 aliphatic rings. The zero-order valence-electron chi connectivity index (χ0n) is 16.6. The number of nitrogens with zero attached hydrogens (tertiary/aromatic N) is 1. The van der Waals surface area contributed by atoms with Crippen LogP contribution >= 0.6 is 0 Å². The molecule has 30 heavy (non-hydrogen) atoms. The van der Waals surface area contributed by atoms with Gasteiger partial charge in [0.2, 0.25) is 5.76 Å². The highest BCUT2D eigenvalue weighted by Gasteiger charge is 2.46. The molecular weight excluding hydrogens is 399 g/mol. The summed E-state index contributed by atoms with van der Waals surface area (Å²) in [6.07, 6.45) is 2.64. The first-order valence-electron chi connectivity index (χ1n) is 9.74. The van der Waals surface area contributed by atoms with Gasteiger partial charge in [-0.2, -0.15) is 0 Å². The molecule has 1 aromatic rings. The van der Waals surface area contributed by atoms with E-state index in [1.54, 1.807) is 0 Å². The van der Waals surface area contributed by atoms with E-state index in [9.17, 15) is 23.3 Å². The molecule has 0 amide bonds. The molecule has 0 aromatic heterocycles. The van der Waals surface area contributed by atoms with E-state index in [4.69, 9.17) is 4.74 Å². The van der Waals surface area contributed by atoms with Gasteiger partial charge in [0.05, 0.1) is 13.0 Å². The molecule has 0 heterocycles. The fourth-order valence-corrected chi connectivity index (χ4v) is 3.56. The van der Waals surface area contributed by atoms with Crippen molar-refractivity contribution in [3.05, 3.63) is 68.8 Å². The van der Waals surface area contributed by atoms with Crippen molar-refractivity contribution in [2.75, 3.05) is 6.61 Å². The van der Waals surface area contributed by atoms with Gasteiger partial charge in [-0.1, -0.05) is 29.5 Å². The molecule has 0 bridgehead atoms. The molecule has 5 nitrogen and oxygen atoms in total. The monoisotopic (exact) mass is 421 g/mol. The van der Waals surface area contributed by atoms with Crippen LogP contribution in [0, 0.1) is 10.1 Å². The van der Waals surface area contributed by atoms with Gasteiger partial charge in [-0.15, -0.1) is 13.2 Å². The van der Waals surface area contributed by atoms with Gasteiger partial charge in [-0.25, -0.2) is 0 Å². The molecule has 1 saturated carbocycles. The topological polar surface area (TPSA) is 61.6 Å². The lowest BCUT2D eigenvalue weighted by atomic mass is 9.86. The summed E-state index contributed by atoms with van der Waals surface area (Å²) in [5.41, 5.74) is 6.48. The summed E-state index contributed by atoms with van der Waals surface area (Å²) in [6, 6.07) is 5.14. The van der Waals surface area contributed by atoms with Crippen LogP contribution in [0.3, 0.4) is 0 Å². The Morgan fingerprint density at radius 1 is 1.20 bits per heavy atom. The Kier molecular flexibility index (Phi) is 6.40.